The van der Waals surface area contributed by atoms with Gasteiger partial charge in [-0.1, -0.05) is 48.5 Å². The maximum absolute atomic E-state index is 13.2. The molecule has 2 aromatic carbocycles. The molecule has 1 aliphatic carbocycles. The number of nitrogens with zero attached hydrogens (tertiary/aromatic N) is 2. The molecule has 3 aromatic rings. The van der Waals surface area contributed by atoms with Crippen molar-refractivity contribution in [2.45, 2.75) is 45.7 Å². The molecule has 1 saturated carbocycles. The molecule has 0 N–H and O–H groups in total. The smallest absolute Gasteiger partial charge is 0.229 e. The van der Waals surface area contributed by atoms with E-state index >= 15 is 0 Å². The molecule has 0 aliphatic heterocycles. The Balaban J connectivity index is 1.53. The number of oxazole rings is 1. The lowest BCUT2D eigenvalue weighted by Gasteiger charge is -2.29. The van der Waals surface area contributed by atoms with Gasteiger partial charge in [0, 0.05) is 18.2 Å². The molecule has 4 rings (SSSR count). The summed E-state index contributed by atoms with van der Waals surface area (Å²) in [6, 6.07) is 20.3. The molecule has 0 radical (unpaired) electrons. The molecule has 4 heteroatoms. The highest BCUT2D eigenvalue weighted by Crippen LogP contribution is 2.36. The Morgan fingerprint density at radius 1 is 1.11 bits per heavy atom. The zero-order chi connectivity index (χ0) is 19.5. The third-order valence-corrected chi connectivity index (χ3v) is 5.54. The molecular formula is C24H26N2O2. The Morgan fingerprint density at radius 2 is 1.75 bits per heavy atom. The average Bonchev–Trinajstić information content (AvgIpc) is 3.51. The van der Waals surface area contributed by atoms with Gasteiger partial charge in [0.25, 0.3) is 0 Å². The Morgan fingerprint density at radius 3 is 2.39 bits per heavy atom. The van der Waals surface area contributed by atoms with Crippen LogP contribution in [-0.2, 0) is 17.8 Å². The highest BCUT2D eigenvalue weighted by atomic mass is 16.4. The molecule has 4 nitrogen and oxygen atoms in total. The highest BCUT2D eigenvalue weighted by molar-refractivity contribution is 5.79. The van der Waals surface area contributed by atoms with Crippen LogP contribution in [0.25, 0.3) is 11.5 Å². The number of amides is 1. The first kappa shape index (κ1) is 18.5. The van der Waals surface area contributed by atoms with Crippen LogP contribution >= 0.6 is 0 Å². The van der Waals surface area contributed by atoms with E-state index in [-0.39, 0.29) is 18.4 Å². The van der Waals surface area contributed by atoms with E-state index < -0.39 is 0 Å². The summed E-state index contributed by atoms with van der Waals surface area (Å²) < 4.78 is 5.84. The third kappa shape index (κ3) is 4.16. The Hall–Kier alpha value is -2.88. The quantitative estimate of drug-likeness (QED) is 0.583. The van der Waals surface area contributed by atoms with Gasteiger partial charge in [-0.25, -0.2) is 4.98 Å². The van der Waals surface area contributed by atoms with Crippen LogP contribution in [0.1, 0.15) is 36.8 Å². The minimum absolute atomic E-state index is 0.110. The zero-order valence-corrected chi connectivity index (χ0v) is 16.5. The largest absolute Gasteiger partial charge is 0.441 e. The van der Waals surface area contributed by atoms with Crippen molar-refractivity contribution < 1.29 is 9.21 Å². The van der Waals surface area contributed by atoms with Gasteiger partial charge in [0.2, 0.25) is 11.8 Å². The van der Waals surface area contributed by atoms with Gasteiger partial charge in [-0.3, -0.25) is 4.79 Å². The van der Waals surface area contributed by atoms with Crippen molar-refractivity contribution in [2.24, 2.45) is 5.92 Å². The van der Waals surface area contributed by atoms with Gasteiger partial charge in [-0.2, -0.15) is 0 Å². The fourth-order valence-electron chi connectivity index (χ4n) is 3.61. The van der Waals surface area contributed by atoms with E-state index in [1.807, 2.05) is 60.4 Å². The first-order valence-electron chi connectivity index (χ1n) is 9.97. The van der Waals surface area contributed by atoms with Crippen LogP contribution in [-0.4, -0.2) is 21.8 Å². The molecule has 1 fully saturated rings. The molecule has 1 amide bonds. The lowest BCUT2D eigenvalue weighted by molar-refractivity contribution is -0.133. The van der Waals surface area contributed by atoms with Crippen LogP contribution in [0.5, 0.6) is 0 Å². The Bertz CT molecular complexity index is 930. The van der Waals surface area contributed by atoms with Crippen molar-refractivity contribution in [1.82, 2.24) is 9.88 Å². The lowest BCUT2D eigenvalue weighted by Crippen LogP contribution is -2.40. The van der Waals surface area contributed by atoms with Gasteiger partial charge in [-0.05, 0) is 50.3 Å². The normalized spacial score (nSPS) is 14.6. The SMILES string of the molecule is Cc1oc(-c2ccccc2)nc1CC(=O)N(Cc1ccccc1)C(C)C1CC1. The van der Waals surface area contributed by atoms with Gasteiger partial charge in [0.15, 0.2) is 0 Å². The second-order valence-corrected chi connectivity index (χ2v) is 7.65. The molecule has 1 heterocycles. The first-order valence-corrected chi connectivity index (χ1v) is 9.97. The van der Waals surface area contributed by atoms with Crippen LogP contribution in [0, 0.1) is 12.8 Å². The number of hydrogen-bond donors (Lipinski definition) is 0. The molecule has 1 unspecified atom stereocenters. The molecule has 0 saturated heterocycles. The van der Waals surface area contributed by atoms with E-state index in [0.29, 0.717) is 24.1 Å². The van der Waals surface area contributed by atoms with Crippen molar-refractivity contribution in [3.05, 3.63) is 77.7 Å². The topological polar surface area (TPSA) is 46.3 Å². The number of hydrogen-bond acceptors (Lipinski definition) is 3. The monoisotopic (exact) mass is 374 g/mol. The number of carbonyl (C=O) groups is 1. The molecule has 28 heavy (non-hydrogen) atoms. The van der Waals surface area contributed by atoms with Crippen molar-refractivity contribution in [3.8, 4) is 11.5 Å². The fraction of sp³-hybridized carbons (Fsp3) is 0.333. The number of benzene rings is 2. The van der Waals surface area contributed by atoms with E-state index in [0.717, 1.165) is 16.8 Å². The second kappa shape index (κ2) is 8.01. The maximum atomic E-state index is 13.2. The number of aromatic nitrogens is 1. The van der Waals surface area contributed by atoms with Crippen molar-refractivity contribution in [2.75, 3.05) is 0 Å². The Kier molecular flexibility index (Phi) is 5.29. The van der Waals surface area contributed by atoms with Gasteiger partial charge in [-0.15, -0.1) is 0 Å². The van der Waals surface area contributed by atoms with Crippen LogP contribution in [0.15, 0.2) is 65.1 Å². The second-order valence-electron chi connectivity index (χ2n) is 7.65. The van der Waals surface area contributed by atoms with Crippen molar-refractivity contribution in [1.29, 1.82) is 0 Å². The minimum Gasteiger partial charge on any atom is -0.441 e. The van der Waals surface area contributed by atoms with Crippen molar-refractivity contribution in [3.63, 3.8) is 0 Å². The molecule has 0 bridgehead atoms. The number of carbonyl (C=O) groups excluding carboxylic acids is 1. The minimum atomic E-state index is 0.110. The fourth-order valence-corrected chi connectivity index (χ4v) is 3.61. The number of rotatable bonds is 7. The number of aryl methyl sites for hydroxylation is 1. The van der Waals surface area contributed by atoms with E-state index in [9.17, 15) is 4.79 Å². The predicted molar refractivity (Wildman–Crippen MR) is 110 cm³/mol. The first-order chi connectivity index (χ1) is 13.6. The molecular weight excluding hydrogens is 348 g/mol. The summed E-state index contributed by atoms with van der Waals surface area (Å²) in [6.45, 7) is 4.69. The summed E-state index contributed by atoms with van der Waals surface area (Å²) in [6.07, 6.45) is 2.69. The zero-order valence-electron chi connectivity index (χ0n) is 16.5. The summed E-state index contributed by atoms with van der Waals surface area (Å²) in [5, 5.41) is 0. The predicted octanol–water partition coefficient (Wildman–Crippen LogP) is 5.02. The van der Waals surface area contributed by atoms with Crippen LogP contribution in [0.4, 0.5) is 0 Å². The Labute approximate surface area is 166 Å². The van der Waals surface area contributed by atoms with E-state index in [2.05, 4.69) is 24.0 Å². The van der Waals surface area contributed by atoms with Crippen LogP contribution < -0.4 is 0 Å². The lowest BCUT2D eigenvalue weighted by atomic mass is 10.1. The maximum Gasteiger partial charge on any atom is 0.229 e. The molecule has 1 atom stereocenters. The van der Waals surface area contributed by atoms with Crippen LogP contribution in [0.2, 0.25) is 0 Å². The van der Waals surface area contributed by atoms with Gasteiger partial charge >= 0.3 is 0 Å². The van der Waals surface area contributed by atoms with E-state index in [1.165, 1.54) is 12.8 Å². The summed E-state index contributed by atoms with van der Waals surface area (Å²) >= 11 is 0. The molecule has 0 spiro atoms. The summed E-state index contributed by atoms with van der Waals surface area (Å²) in [5.41, 5.74) is 2.81. The molecule has 1 aromatic heterocycles. The van der Waals surface area contributed by atoms with E-state index in [1.54, 1.807) is 0 Å². The summed E-state index contributed by atoms with van der Waals surface area (Å²) in [7, 11) is 0. The van der Waals surface area contributed by atoms with Gasteiger partial charge in [0.05, 0.1) is 12.1 Å². The van der Waals surface area contributed by atoms with Gasteiger partial charge in [0.1, 0.15) is 5.76 Å². The average molecular weight is 374 g/mol. The molecule has 1 aliphatic rings. The van der Waals surface area contributed by atoms with E-state index in [4.69, 9.17) is 4.42 Å². The van der Waals surface area contributed by atoms with Crippen molar-refractivity contribution >= 4 is 5.91 Å². The highest BCUT2D eigenvalue weighted by Gasteiger charge is 2.34. The van der Waals surface area contributed by atoms with Gasteiger partial charge < -0.3 is 9.32 Å². The molecule has 144 valence electrons. The summed E-state index contributed by atoms with van der Waals surface area (Å²) in [4.78, 5) is 19.9. The standard InChI is InChI=1S/C24H26N2O2/c1-17(20-13-14-20)26(16-19-9-5-3-6-10-19)23(27)15-22-18(2)28-24(25-22)21-11-7-4-8-12-21/h3-12,17,20H,13-16H2,1-2H3. The third-order valence-electron chi connectivity index (χ3n) is 5.54. The summed E-state index contributed by atoms with van der Waals surface area (Å²) in [5.74, 6) is 2.02. The van der Waals surface area contributed by atoms with Crippen LogP contribution in [0.3, 0.4) is 0 Å².